The second-order valence-corrected chi connectivity index (χ2v) is 6.64. The summed E-state index contributed by atoms with van der Waals surface area (Å²) in [7, 11) is 3.08. The van der Waals surface area contributed by atoms with Crippen LogP contribution in [0.15, 0.2) is 18.2 Å². The average molecular weight is 402 g/mol. The number of hydrogen-bond acceptors (Lipinski definition) is 6. The van der Waals surface area contributed by atoms with Gasteiger partial charge in [-0.25, -0.2) is 4.79 Å². The van der Waals surface area contributed by atoms with Gasteiger partial charge >= 0.3 is 5.97 Å². The summed E-state index contributed by atoms with van der Waals surface area (Å²) in [5.74, 6) is -0.132. The van der Waals surface area contributed by atoms with Crippen molar-refractivity contribution in [2.45, 2.75) is 40.3 Å². The second-order valence-electron chi connectivity index (χ2n) is 6.64. The van der Waals surface area contributed by atoms with Crippen molar-refractivity contribution in [1.82, 2.24) is 10.3 Å². The number of hydrogen-bond donors (Lipinski definition) is 2. The summed E-state index contributed by atoms with van der Waals surface area (Å²) in [4.78, 5) is 39.3. The van der Waals surface area contributed by atoms with Crippen molar-refractivity contribution >= 4 is 17.7 Å². The van der Waals surface area contributed by atoms with E-state index in [0.717, 1.165) is 5.56 Å². The Morgan fingerprint density at radius 1 is 1.10 bits per heavy atom. The largest absolute Gasteiger partial charge is 0.493 e. The number of Topliss-reactive ketones (excluding diaryl/α,β-unsaturated/α-hetero) is 1. The van der Waals surface area contributed by atoms with E-state index in [9.17, 15) is 14.4 Å². The predicted octanol–water partition coefficient (Wildman–Crippen LogP) is 2.71. The van der Waals surface area contributed by atoms with Crippen LogP contribution < -0.4 is 14.8 Å². The van der Waals surface area contributed by atoms with Gasteiger partial charge in [0.25, 0.3) is 5.91 Å². The second kappa shape index (κ2) is 9.27. The number of methoxy groups -OCH3 is 2. The molecule has 0 aliphatic heterocycles. The first-order valence-corrected chi connectivity index (χ1v) is 9.09. The number of ether oxygens (including phenoxy) is 3. The van der Waals surface area contributed by atoms with Crippen molar-refractivity contribution in [2.24, 2.45) is 0 Å². The van der Waals surface area contributed by atoms with E-state index in [0.29, 0.717) is 28.3 Å². The lowest BCUT2D eigenvalue weighted by Crippen LogP contribution is -2.35. The lowest BCUT2D eigenvalue weighted by molar-refractivity contribution is -0.129. The van der Waals surface area contributed by atoms with Crippen LogP contribution in [0.2, 0.25) is 0 Å². The molecule has 0 aliphatic rings. The zero-order chi connectivity index (χ0) is 21.7. The minimum absolute atomic E-state index is 0.143. The molecule has 2 N–H and O–H groups in total. The normalized spacial score (nSPS) is 11.5. The number of aromatic nitrogens is 1. The molecule has 1 atom stereocenters. The van der Waals surface area contributed by atoms with Gasteiger partial charge in [-0.2, -0.15) is 0 Å². The molecular formula is C21H26N2O6. The topological polar surface area (TPSA) is 107 Å². The smallest absolute Gasteiger partial charge is 0.355 e. The van der Waals surface area contributed by atoms with Crippen molar-refractivity contribution in [1.29, 1.82) is 0 Å². The lowest BCUT2D eigenvalue weighted by atomic mass is 10.1. The van der Waals surface area contributed by atoms with Gasteiger partial charge in [0.2, 0.25) is 0 Å². The van der Waals surface area contributed by atoms with Crippen LogP contribution in [0.5, 0.6) is 11.5 Å². The van der Waals surface area contributed by atoms with Gasteiger partial charge in [-0.1, -0.05) is 6.07 Å². The standard InChI is InChI=1S/C21H26N2O6/c1-11-18(13(3)24)12(2)23-19(11)21(26)29-14(4)20(25)22-10-15-7-8-16(27-5)17(9-15)28-6/h7-9,14,23H,10H2,1-6H3,(H,22,25)/t14-/m0/s1. The van der Waals surface area contributed by atoms with Gasteiger partial charge in [-0.3, -0.25) is 9.59 Å². The van der Waals surface area contributed by atoms with Crippen molar-refractivity contribution < 1.29 is 28.6 Å². The molecule has 0 spiro atoms. The first-order chi connectivity index (χ1) is 13.7. The molecule has 0 radical (unpaired) electrons. The van der Waals surface area contributed by atoms with Crippen LogP contribution in [0.25, 0.3) is 0 Å². The SMILES string of the molecule is COc1ccc(CNC(=O)[C@H](C)OC(=O)c2[nH]c(C)c(C(C)=O)c2C)cc1OC. The van der Waals surface area contributed by atoms with Gasteiger partial charge in [0.15, 0.2) is 23.4 Å². The van der Waals surface area contributed by atoms with Crippen LogP contribution >= 0.6 is 0 Å². The van der Waals surface area contributed by atoms with Crippen molar-refractivity contribution in [3.63, 3.8) is 0 Å². The van der Waals surface area contributed by atoms with E-state index < -0.39 is 18.0 Å². The maximum absolute atomic E-state index is 12.4. The number of H-pyrrole nitrogens is 1. The maximum Gasteiger partial charge on any atom is 0.355 e. The third-order valence-corrected chi connectivity index (χ3v) is 4.56. The van der Waals surface area contributed by atoms with E-state index in [2.05, 4.69) is 10.3 Å². The maximum atomic E-state index is 12.4. The van der Waals surface area contributed by atoms with Gasteiger partial charge < -0.3 is 24.5 Å². The number of amides is 1. The summed E-state index contributed by atoms with van der Waals surface area (Å²) >= 11 is 0. The van der Waals surface area contributed by atoms with E-state index in [4.69, 9.17) is 14.2 Å². The van der Waals surface area contributed by atoms with Crippen molar-refractivity contribution in [3.05, 3.63) is 46.3 Å². The fourth-order valence-corrected chi connectivity index (χ4v) is 3.08. The third-order valence-electron chi connectivity index (χ3n) is 4.56. The third kappa shape index (κ3) is 4.96. The predicted molar refractivity (Wildman–Crippen MR) is 107 cm³/mol. The molecule has 1 aromatic heterocycles. The summed E-state index contributed by atoms with van der Waals surface area (Å²) < 4.78 is 15.7. The molecule has 0 unspecified atom stereocenters. The zero-order valence-corrected chi connectivity index (χ0v) is 17.5. The molecule has 2 aromatic rings. The fourth-order valence-electron chi connectivity index (χ4n) is 3.08. The molecule has 0 fully saturated rings. The monoisotopic (exact) mass is 402 g/mol. The van der Waals surface area contributed by atoms with Gasteiger partial charge in [-0.05, 0) is 51.0 Å². The highest BCUT2D eigenvalue weighted by molar-refractivity contribution is 6.01. The molecule has 1 heterocycles. The van der Waals surface area contributed by atoms with E-state index in [1.165, 1.54) is 21.0 Å². The van der Waals surface area contributed by atoms with Crippen LogP contribution in [-0.4, -0.2) is 43.0 Å². The fraction of sp³-hybridized carbons (Fsp3) is 0.381. The number of carbonyl (C=O) groups is 3. The number of nitrogens with one attached hydrogen (secondary N) is 2. The van der Waals surface area contributed by atoms with Crippen LogP contribution in [-0.2, 0) is 16.1 Å². The number of ketones is 1. The number of esters is 1. The highest BCUT2D eigenvalue weighted by Crippen LogP contribution is 2.27. The van der Waals surface area contributed by atoms with E-state index in [-0.39, 0.29) is 18.0 Å². The molecular weight excluding hydrogens is 376 g/mol. The highest BCUT2D eigenvalue weighted by atomic mass is 16.5. The molecule has 1 amide bonds. The average Bonchev–Trinajstić information content (AvgIpc) is 2.99. The number of aryl methyl sites for hydroxylation is 1. The highest BCUT2D eigenvalue weighted by Gasteiger charge is 2.24. The Labute approximate surface area is 169 Å². The number of aromatic amines is 1. The Hall–Kier alpha value is -3.29. The molecule has 29 heavy (non-hydrogen) atoms. The Bertz CT molecular complexity index is 931. The molecule has 0 saturated heterocycles. The molecule has 0 bridgehead atoms. The van der Waals surface area contributed by atoms with Gasteiger partial charge in [0, 0.05) is 17.8 Å². The summed E-state index contributed by atoms with van der Waals surface area (Å²) in [5.41, 5.74) is 2.54. The van der Waals surface area contributed by atoms with Crippen LogP contribution in [0, 0.1) is 13.8 Å². The Morgan fingerprint density at radius 3 is 2.31 bits per heavy atom. The molecule has 156 valence electrons. The van der Waals surface area contributed by atoms with Crippen LogP contribution in [0.3, 0.4) is 0 Å². The molecule has 8 heteroatoms. The number of carbonyl (C=O) groups excluding carboxylic acids is 3. The van der Waals surface area contributed by atoms with Gasteiger partial charge in [0.1, 0.15) is 5.69 Å². The molecule has 2 rings (SSSR count). The molecule has 0 aliphatic carbocycles. The Kier molecular flexibility index (Phi) is 7.03. The lowest BCUT2D eigenvalue weighted by Gasteiger charge is -2.14. The van der Waals surface area contributed by atoms with E-state index in [1.54, 1.807) is 39.2 Å². The zero-order valence-electron chi connectivity index (χ0n) is 17.5. The molecule has 0 saturated carbocycles. The minimum atomic E-state index is -1.01. The van der Waals surface area contributed by atoms with Gasteiger partial charge in [-0.15, -0.1) is 0 Å². The summed E-state index contributed by atoms with van der Waals surface area (Å²) in [6.45, 7) is 6.52. The van der Waals surface area contributed by atoms with Crippen LogP contribution in [0.1, 0.15) is 51.5 Å². The number of rotatable bonds is 8. The van der Waals surface area contributed by atoms with Gasteiger partial charge in [0.05, 0.1) is 14.2 Å². The van der Waals surface area contributed by atoms with Crippen molar-refractivity contribution in [2.75, 3.05) is 14.2 Å². The summed E-state index contributed by atoms with van der Waals surface area (Å²) in [6, 6.07) is 5.30. The molecule has 1 aromatic carbocycles. The Balaban J connectivity index is 2.00. The van der Waals surface area contributed by atoms with E-state index >= 15 is 0 Å². The first-order valence-electron chi connectivity index (χ1n) is 9.09. The Morgan fingerprint density at radius 2 is 1.76 bits per heavy atom. The van der Waals surface area contributed by atoms with Crippen LogP contribution in [0.4, 0.5) is 0 Å². The molecule has 8 nitrogen and oxygen atoms in total. The quantitative estimate of drug-likeness (QED) is 0.519. The first kappa shape index (κ1) is 22.0. The van der Waals surface area contributed by atoms with Crippen molar-refractivity contribution in [3.8, 4) is 11.5 Å². The number of benzene rings is 1. The van der Waals surface area contributed by atoms with E-state index in [1.807, 2.05) is 0 Å². The summed E-state index contributed by atoms with van der Waals surface area (Å²) in [5, 5.41) is 2.72. The minimum Gasteiger partial charge on any atom is -0.493 e. The summed E-state index contributed by atoms with van der Waals surface area (Å²) in [6.07, 6.45) is -1.01.